The smallest absolute Gasteiger partial charge is 0.224 e. The number of amides is 1. The van der Waals surface area contributed by atoms with Crippen molar-refractivity contribution in [2.75, 3.05) is 7.11 Å². The molecule has 1 amide bonds. The highest BCUT2D eigenvalue weighted by molar-refractivity contribution is 5.79. The van der Waals surface area contributed by atoms with E-state index in [0.29, 0.717) is 0 Å². The standard InChI is InChI=1S/C17H18FNO2/c1-12(14-4-3-5-16(11-14)21-2)19-17(20)10-13-6-8-15(18)9-7-13/h3-9,11-12H,10H2,1-2H3,(H,19,20)/t12-/m0/s1. The molecule has 0 bridgehead atoms. The Morgan fingerprint density at radius 3 is 2.62 bits per heavy atom. The molecule has 0 radical (unpaired) electrons. The number of carbonyl (C=O) groups excluding carboxylic acids is 1. The van der Waals surface area contributed by atoms with Crippen LogP contribution in [-0.4, -0.2) is 13.0 Å². The van der Waals surface area contributed by atoms with Crippen LogP contribution in [0.1, 0.15) is 24.1 Å². The van der Waals surface area contributed by atoms with Crippen molar-refractivity contribution in [3.05, 3.63) is 65.5 Å². The highest BCUT2D eigenvalue weighted by Crippen LogP contribution is 2.18. The van der Waals surface area contributed by atoms with Crippen molar-refractivity contribution in [2.45, 2.75) is 19.4 Å². The minimum absolute atomic E-state index is 0.100. The Hall–Kier alpha value is -2.36. The van der Waals surface area contributed by atoms with Gasteiger partial charge in [-0.3, -0.25) is 4.79 Å². The Morgan fingerprint density at radius 2 is 1.95 bits per heavy atom. The quantitative estimate of drug-likeness (QED) is 0.916. The first kappa shape index (κ1) is 15.0. The van der Waals surface area contributed by atoms with E-state index < -0.39 is 0 Å². The van der Waals surface area contributed by atoms with Crippen molar-refractivity contribution < 1.29 is 13.9 Å². The summed E-state index contributed by atoms with van der Waals surface area (Å²) in [7, 11) is 1.61. The molecule has 0 aromatic heterocycles. The lowest BCUT2D eigenvalue weighted by Gasteiger charge is -2.15. The summed E-state index contributed by atoms with van der Waals surface area (Å²) in [6, 6.07) is 13.4. The molecule has 1 atom stereocenters. The topological polar surface area (TPSA) is 38.3 Å². The van der Waals surface area contributed by atoms with Gasteiger partial charge in [-0.2, -0.15) is 0 Å². The van der Waals surface area contributed by atoms with Gasteiger partial charge in [0.2, 0.25) is 5.91 Å². The van der Waals surface area contributed by atoms with Gasteiger partial charge in [0.05, 0.1) is 19.6 Å². The Balaban J connectivity index is 1.96. The van der Waals surface area contributed by atoms with Crippen LogP contribution >= 0.6 is 0 Å². The van der Waals surface area contributed by atoms with E-state index in [2.05, 4.69) is 5.32 Å². The van der Waals surface area contributed by atoms with Crippen molar-refractivity contribution in [3.8, 4) is 5.75 Å². The monoisotopic (exact) mass is 287 g/mol. The van der Waals surface area contributed by atoms with Crippen LogP contribution in [0.4, 0.5) is 4.39 Å². The summed E-state index contributed by atoms with van der Waals surface area (Å²) in [5.41, 5.74) is 1.76. The predicted molar refractivity (Wildman–Crippen MR) is 79.7 cm³/mol. The molecule has 2 aromatic carbocycles. The summed E-state index contributed by atoms with van der Waals surface area (Å²) in [4.78, 5) is 12.0. The van der Waals surface area contributed by atoms with Gasteiger partial charge in [-0.25, -0.2) is 4.39 Å². The molecular weight excluding hydrogens is 269 g/mol. The second kappa shape index (κ2) is 6.88. The van der Waals surface area contributed by atoms with Crippen LogP contribution in [0.5, 0.6) is 5.75 Å². The number of hydrogen-bond acceptors (Lipinski definition) is 2. The number of halogens is 1. The van der Waals surface area contributed by atoms with Gasteiger partial charge >= 0.3 is 0 Å². The largest absolute Gasteiger partial charge is 0.497 e. The molecule has 2 rings (SSSR count). The zero-order valence-electron chi connectivity index (χ0n) is 12.1. The van der Waals surface area contributed by atoms with E-state index in [1.165, 1.54) is 12.1 Å². The van der Waals surface area contributed by atoms with Crippen molar-refractivity contribution in [1.82, 2.24) is 5.32 Å². The van der Waals surface area contributed by atoms with E-state index in [-0.39, 0.29) is 24.2 Å². The molecule has 0 aliphatic heterocycles. The van der Waals surface area contributed by atoms with Crippen molar-refractivity contribution in [2.24, 2.45) is 0 Å². The van der Waals surface area contributed by atoms with E-state index in [4.69, 9.17) is 4.74 Å². The van der Waals surface area contributed by atoms with Crippen LogP contribution in [0.3, 0.4) is 0 Å². The molecule has 0 fully saturated rings. The van der Waals surface area contributed by atoms with E-state index >= 15 is 0 Å². The van der Waals surface area contributed by atoms with Crippen LogP contribution < -0.4 is 10.1 Å². The van der Waals surface area contributed by atoms with Gasteiger partial charge < -0.3 is 10.1 Å². The number of benzene rings is 2. The number of methoxy groups -OCH3 is 1. The van der Waals surface area contributed by atoms with Crippen LogP contribution in [0.25, 0.3) is 0 Å². The summed E-state index contributed by atoms with van der Waals surface area (Å²) in [6.45, 7) is 1.91. The second-order valence-corrected chi connectivity index (χ2v) is 4.87. The molecular formula is C17H18FNO2. The van der Waals surface area contributed by atoms with Crippen molar-refractivity contribution in [1.29, 1.82) is 0 Å². The van der Waals surface area contributed by atoms with Crippen molar-refractivity contribution >= 4 is 5.91 Å². The lowest BCUT2D eigenvalue weighted by atomic mass is 10.1. The van der Waals surface area contributed by atoms with E-state index in [0.717, 1.165) is 16.9 Å². The highest BCUT2D eigenvalue weighted by atomic mass is 19.1. The molecule has 0 aliphatic carbocycles. The molecule has 0 saturated heterocycles. The fourth-order valence-corrected chi connectivity index (χ4v) is 2.07. The number of hydrogen-bond donors (Lipinski definition) is 1. The fraction of sp³-hybridized carbons (Fsp3) is 0.235. The minimum Gasteiger partial charge on any atom is -0.497 e. The highest BCUT2D eigenvalue weighted by Gasteiger charge is 2.10. The average Bonchev–Trinajstić information content (AvgIpc) is 2.49. The van der Waals surface area contributed by atoms with Gasteiger partial charge in [0.15, 0.2) is 0 Å². The summed E-state index contributed by atoms with van der Waals surface area (Å²) >= 11 is 0. The van der Waals surface area contributed by atoms with E-state index in [1.54, 1.807) is 19.2 Å². The lowest BCUT2D eigenvalue weighted by molar-refractivity contribution is -0.121. The molecule has 0 unspecified atom stereocenters. The maximum Gasteiger partial charge on any atom is 0.224 e. The van der Waals surface area contributed by atoms with Crippen LogP contribution in [0, 0.1) is 5.82 Å². The lowest BCUT2D eigenvalue weighted by Crippen LogP contribution is -2.28. The molecule has 0 heterocycles. The Bertz CT molecular complexity index is 610. The first-order valence-electron chi connectivity index (χ1n) is 6.76. The molecule has 110 valence electrons. The average molecular weight is 287 g/mol. The van der Waals surface area contributed by atoms with E-state index in [1.807, 2.05) is 31.2 Å². The van der Waals surface area contributed by atoms with Crippen molar-refractivity contribution in [3.63, 3.8) is 0 Å². The number of nitrogens with one attached hydrogen (secondary N) is 1. The summed E-state index contributed by atoms with van der Waals surface area (Å²) in [6.07, 6.45) is 0.231. The first-order chi connectivity index (χ1) is 10.1. The predicted octanol–water partition coefficient (Wildman–Crippen LogP) is 3.25. The van der Waals surface area contributed by atoms with Gasteiger partial charge in [-0.1, -0.05) is 24.3 Å². The third kappa shape index (κ3) is 4.31. The molecule has 4 heteroatoms. The van der Waals surface area contributed by atoms with Crippen LogP contribution in [-0.2, 0) is 11.2 Å². The van der Waals surface area contributed by atoms with Gasteiger partial charge in [0, 0.05) is 0 Å². The summed E-state index contributed by atoms with van der Waals surface area (Å²) in [5.74, 6) is 0.355. The Morgan fingerprint density at radius 1 is 1.24 bits per heavy atom. The SMILES string of the molecule is COc1cccc([C@H](C)NC(=O)Cc2ccc(F)cc2)c1. The number of ether oxygens (including phenoxy) is 1. The molecule has 3 nitrogen and oxygen atoms in total. The normalized spacial score (nSPS) is 11.8. The molecule has 0 spiro atoms. The molecule has 2 aromatic rings. The summed E-state index contributed by atoms with van der Waals surface area (Å²) < 4.78 is 18.0. The third-order valence-electron chi connectivity index (χ3n) is 3.25. The maximum atomic E-state index is 12.8. The molecule has 21 heavy (non-hydrogen) atoms. The first-order valence-corrected chi connectivity index (χ1v) is 6.76. The molecule has 1 N–H and O–H groups in total. The van der Waals surface area contributed by atoms with Gasteiger partial charge in [-0.15, -0.1) is 0 Å². The van der Waals surface area contributed by atoms with E-state index in [9.17, 15) is 9.18 Å². The number of rotatable bonds is 5. The zero-order valence-corrected chi connectivity index (χ0v) is 12.1. The maximum absolute atomic E-state index is 12.8. The molecule has 0 aliphatic rings. The van der Waals surface area contributed by atoms with Crippen LogP contribution in [0.2, 0.25) is 0 Å². The Kier molecular flexibility index (Phi) is 4.93. The van der Waals surface area contributed by atoms with Gasteiger partial charge in [-0.05, 0) is 42.3 Å². The van der Waals surface area contributed by atoms with Gasteiger partial charge in [0.1, 0.15) is 11.6 Å². The zero-order chi connectivity index (χ0) is 15.2. The van der Waals surface area contributed by atoms with Gasteiger partial charge in [0.25, 0.3) is 0 Å². The minimum atomic E-state index is -0.302. The third-order valence-corrected chi connectivity index (χ3v) is 3.25. The van der Waals surface area contributed by atoms with Crippen LogP contribution in [0.15, 0.2) is 48.5 Å². The second-order valence-electron chi connectivity index (χ2n) is 4.87. The summed E-state index contributed by atoms with van der Waals surface area (Å²) in [5, 5.41) is 2.92. The Labute approximate surface area is 123 Å². The fourth-order valence-electron chi connectivity index (χ4n) is 2.07. The molecule has 0 saturated carbocycles. The number of carbonyl (C=O) groups is 1.